The van der Waals surface area contributed by atoms with Crippen LogP contribution in [0.5, 0.6) is 0 Å². The molecule has 0 saturated carbocycles. The molecule has 108 valence electrons. The SMILES string of the molecule is Cc1ccc(-c2nnc(CCCNCC(C)C)s2)cc1. The number of rotatable bonds is 7. The quantitative estimate of drug-likeness (QED) is 0.790. The topological polar surface area (TPSA) is 37.8 Å². The molecule has 0 aliphatic rings. The van der Waals surface area contributed by atoms with Gasteiger partial charge in [0.15, 0.2) is 0 Å². The van der Waals surface area contributed by atoms with Crippen molar-refractivity contribution in [2.24, 2.45) is 5.92 Å². The van der Waals surface area contributed by atoms with E-state index < -0.39 is 0 Å². The third-order valence-electron chi connectivity index (χ3n) is 3.06. The Balaban J connectivity index is 1.82. The summed E-state index contributed by atoms with van der Waals surface area (Å²) in [5, 5.41) is 14.2. The molecule has 1 N–H and O–H groups in total. The Labute approximate surface area is 125 Å². The van der Waals surface area contributed by atoms with Crippen LogP contribution in [0.3, 0.4) is 0 Å². The van der Waals surface area contributed by atoms with Gasteiger partial charge in [0.05, 0.1) is 0 Å². The van der Waals surface area contributed by atoms with Gasteiger partial charge in [-0.1, -0.05) is 55.0 Å². The van der Waals surface area contributed by atoms with E-state index in [2.05, 4.69) is 60.6 Å². The highest BCUT2D eigenvalue weighted by molar-refractivity contribution is 7.14. The molecule has 4 heteroatoms. The average molecular weight is 289 g/mol. The van der Waals surface area contributed by atoms with Crippen LogP contribution in [0.4, 0.5) is 0 Å². The van der Waals surface area contributed by atoms with E-state index >= 15 is 0 Å². The summed E-state index contributed by atoms with van der Waals surface area (Å²) in [6.07, 6.45) is 2.13. The first-order valence-electron chi connectivity index (χ1n) is 7.25. The largest absolute Gasteiger partial charge is 0.316 e. The van der Waals surface area contributed by atoms with Crippen LogP contribution in [0.2, 0.25) is 0 Å². The van der Waals surface area contributed by atoms with E-state index in [1.165, 1.54) is 5.56 Å². The summed E-state index contributed by atoms with van der Waals surface area (Å²) >= 11 is 1.71. The first-order valence-corrected chi connectivity index (χ1v) is 8.07. The second kappa shape index (κ2) is 7.50. The molecular weight excluding hydrogens is 266 g/mol. The molecule has 0 spiro atoms. The Morgan fingerprint density at radius 3 is 2.60 bits per heavy atom. The molecule has 0 unspecified atom stereocenters. The fraction of sp³-hybridized carbons (Fsp3) is 0.500. The highest BCUT2D eigenvalue weighted by Crippen LogP contribution is 2.24. The zero-order valence-corrected chi connectivity index (χ0v) is 13.3. The number of nitrogens with zero attached hydrogens (tertiary/aromatic N) is 2. The van der Waals surface area contributed by atoms with Gasteiger partial charge in [-0.15, -0.1) is 10.2 Å². The molecule has 0 amide bonds. The van der Waals surface area contributed by atoms with Gasteiger partial charge in [0.25, 0.3) is 0 Å². The van der Waals surface area contributed by atoms with Gasteiger partial charge in [-0.2, -0.15) is 0 Å². The molecule has 0 bridgehead atoms. The molecular formula is C16H23N3S. The van der Waals surface area contributed by atoms with Crippen LogP contribution in [0.15, 0.2) is 24.3 Å². The molecule has 1 aromatic heterocycles. The van der Waals surface area contributed by atoms with Crippen LogP contribution in [0.1, 0.15) is 30.8 Å². The second-order valence-electron chi connectivity index (χ2n) is 5.57. The molecule has 2 aromatic rings. The van der Waals surface area contributed by atoms with Crippen molar-refractivity contribution in [1.82, 2.24) is 15.5 Å². The van der Waals surface area contributed by atoms with E-state index in [-0.39, 0.29) is 0 Å². The van der Waals surface area contributed by atoms with Crippen LogP contribution < -0.4 is 5.32 Å². The second-order valence-corrected chi connectivity index (χ2v) is 6.63. The van der Waals surface area contributed by atoms with Crippen LogP contribution in [0, 0.1) is 12.8 Å². The number of aromatic nitrogens is 2. The maximum Gasteiger partial charge on any atom is 0.147 e. The molecule has 0 saturated heterocycles. The smallest absolute Gasteiger partial charge is 0.147 e. The minimum absolute atomic E-state index is 0.713. The van der Waals surface area contributed by atoms with Gasteiger partial charge in [0, 0.05) is 12.0 Å². The molecule has 20 heavy (non-hydrogen) atoms. The Kier molecular flexibility index (Phi) is 5.68. The minimum atomic E-state index is 0.713. The predicted octanol–water partition coefficient (Wildman–Crippen LogP) is 3.69. The first kappa shape index (κ1) is 15.1. The summed E-state index contributed by atoms with van der Waals surface area (Å²) in [7, 11) is 0. The predicted molar refractivity (Wildman–Crippen MR) is 86.1 cm³/mol. The lowest BCUT2D eigenvalue weighted by Crippen LogP contribution is -2.21. The van der Waals surface area contributed by atoms with Crippen LogP contribution in [-0.4, -0.2) is 23.3 Å². The van der Waals surface area contributed by atoms with Gasteiger partial charge < -0.3 is 5.32 Å². The van der Waals surface area contributed by atoms with Crippen molar-refractivity contribution in [2.45, 2.75) is 33.6 Å². The number of aryl methyl sites for hydroxylation is 2. The molecule has 0 radical (unpaired) electrons. The summed E-state index contributed by atoms with van der Waals surface area (Å²) in [5.41, 5.74) is 2.44. The molecule has 0 aliphatic carbocycles. The van der Waals surface area contributed by atoms with Crippen molar-refractivity contribution in [3.63, 3.8) is 0 Å². The third kappa shape index (κ3) is 4.69. The first-order chi connectivity index (χ1) is 9.65. The fourth-order valence-electron chi connectivity index (χ4n) is 1.92. The van der Waals surface area contributed by atoms with Crippen molar-refractivity contribution in [3.8, 4) is 10.6 Å². The van der Waals surface area contributed by atoms with Crippen molar-refractivity contribution < 1.29 is 0 Å². The number of nitrogens with one attached hydrogen (secondary N) is 1. The summed E-state index contributed by atoms with van der Waals surface area (Å²) in [6.45, 7) is 8.69. The van der Waals surface area contributed by atoms with E-state index in [4.69, 9.17) is 0 Å². The maximum absolute atomic E-state index is 4.29. The van der Waals surface area contributed by atoms with Gasteiger partial charge in [-0.3, -0.25) is 0 Å². The van der Waals surface area contributed by atoms with Crippen molar-refractivity contribution in [2.75, 3.05) is 13.1 Å². The molecule has 1 heterocycles. The zero-order valence-electron chi connectivity index (χ0n) is 12.5. The van der Waals surface area contributed by atoms with Gasteiger partial charge in [-0.05, 0) is 32.4 Å². The monoisotopic (exact) mass is 289 g/mol. The standard InChI is InChI=1S/C16H23N3S/c1-12(2)11-17-10-4-5-15-18-19-16(20-15)14-8-6-13(3)7-9-14/h6-9,12,17H,4-5,10-11H2,1-3H3. The van der Waals surface area contributed by atoms with E-state index in [9.17, 15) is 0 Å². The number of hydrogen-bond acceptors (Lipinski definition) is 4. The summed E-state index contributed by atoms with van der Waals surface area (Å²) in [6, 6.07) is 8.46. The van der Waals surface area contributed by atoms with Gasteiger partial charge >= 0.3 is 0 Å². The third-order valence-corrected chi connectivity index (χ3v) is 4.09. The van der Waals surface area contributed by atoms with Crippen LogP contribution >= 0.6 is 11.3 Å². The summed E-state index contributed by atoms with van der Waals surface area (Å²) in [4.78, 5) is 0. The molecule has 0 atom stereocenters. The lowest BCUT2D eigenvalue weighted by molar-refractivity contribution is 0.542. The van der Waals surface area contributed by atoms with Crippen molar-refractivity contribution in [3.05, 3.63) is 34.8 Å². The van der Waals surface area contributed by atoms with E-state index in [0.29, 0.717) is 5.92 Å². The molecule has 1 aromatic carbocycles. The molecule has 3 nitrogen and oxygen atoms in total. The van der Waals surface area contributed by atoms with E-state index in [1.807, 2.05) is 0 Å². The normalized spacial score (nSPS) is 11.2. The molecule has 2 rings (SSSR count). The highest BCUT2D eigenvalue weighted by Gasteiger charge is 2.06. The number of benzene rings is 1. The fourth-order valence-corrected chi connectivity index (χ4v) is 2.81. The zero-order chi connectivity index (χ0) is 14.4. The van der Waals surface area contributed by atoms with Crippen LogP contribution in [-0.2, 0) is 6.42 Å². The molecule has 0 fully saturated rings. The average Bonchev–Trinajstić information content (AvgIpc) is 2.87. The minimum Gasteiger partial charge on any atom is -0.316 e. The van der Waals surface area contributed by atoms with E-state index in [0.717, 1.165) is 41.5 Å². The number of hydrogen-bond donors (Lipinski definition) is 1. The van der Waals surface area contributed by atoms with Crippen molar-refractivity contribution >= 4 is 11.3 Å². The Morgan fingerprint density at radius 1 is 1.15 bits per heavy atom. The Morgan fingerprint density at radius 2 is 1.90 bits per heavy atom. The maximum atomic E-state index is 4.29. The summed E-state index contributed by atoms with van der Waals surface area (Å²) < 4.78 is 0. The molecule has 0 aliphatic heterocycles. The summed E-state index contributed by atoms with van der Waals surface area (Å²) in [5.74, 6) is 0.713. The van der Waals surface area contributed by atoms with Crippen molar-refractivity contribution in [1.29, 1.82) is 0 Å². The van der Waals surface area contributed by atoms with Gasteiger partial charge in [-0.25, -0.2) is 0 Å². The Hall–Kier alpha value is -1.26. The lowest BCUT2D eigenvalue weighted by atomic mass is 10.2. The Bertz CT molecular complexity index is 517. The van der Waals surface area contributed by atoms with E-state index in [1.54, 1.807) is 11.3 Å². The van der Waals surface area contributed by atoms with Gasteiger partial charge in [0.2, 0.25) is 0 Å². The lowest BCUT2D eigenvalue weighted by Gasteiger charge is -2.05. The van der Waals surface area contributed by atoms with Crippen LogP contribution in [0.25, 0.3) is 10.6 Å². The van der Waals surface area contributed by atoms with Gasteiger partial charge in [0.1, 0.15) is 10.0 Å². The highest BCUT2D eigenvalue weighted by atomic mass is 32.1.